The Labute approximate surface area is 408 Å². The number of allylic oxidation sites excluding steroid dienone is 6. The van der Waals surface area contributed by atoms with Gasteiger partial charge in [-0.05, 0) is 151 Å². The molecule has 0 aliphatic heterocycles. The van der Waals surface area contributed by atoms with Crippen molar-refractivity contribution in [3.05, 3.63) is 295 Å². The Balaban J connectivity index is 0.941. The van der Waals surface area contributed by atoms with Crippen LogP contribution in [0.1, 0.15) is 34.2 Å². The molecular weight excluding hydrogens is 845 g/mol. The molecule has 1 heterocycles. The molecule has 1 aromatic heterocycles. The van der Waals surface area contributed by atoms with E-state index in [-0.39, 0.29) is 0 Å². The summed E-state index contributed by atoms with van der Waals surface area (Å²) in [5.74, 6) is 0. The van der Waals surface area contributed by atoms with Crippen LogP contribution in [0.3, 0.4) is 0 Å². The number of aromatic nitrogens is 1. The van der Waals surface area contributed by atoms with Crippen LogP contribution in [-0.2, 0) is 5.41 Å². The lowest BCUT2D eigenvalue weighted by molar-refractivity contribution is 0.793. The van der Waals surface area contributed by atoms with E-state index in [1.807, 2.05) is 0 Å². The highest BCUT2D eigenvalue weighted by molar-refractivity contribution is 6.09. The molecule has 2 heteroatoms. The van der Waals surface area contributed by atoms with E-state index in [1.165, 1.54) is 88.6 Å². The molecule has 70 heavy (non-hydrogen) atoms. The molecule has 0 bridgehead atoms. The quantitative estimate of drug-likeness (QED) is 0.155. The van der Waals surface area contributed by atoms with E-state index >= 15 is 0 Å². The minimum Gasteiger partial charge on any atom is -0.310 e. The number of para-hydroxylation sites is 2. The van der Waals surface area contributed by atoms with Gasteiger partial charge in [0, 0.05) is 33.5 Å². The van der Waals surface area contributed by atoms with Crippen LogP contribution in [0.4, 0.5) is 17.1 Å². The third kappa shape index (κ3) is 6.13. The lowest BCUT2D eigenvalue weighted by atomic mass is 9.70. The number of hydrogen-bond donors (Lipinski definition) is 0. The first-order chi connectivity index (χ1) is 34.7. The monoisotopic (exact) mass is 890 g/mol. The SMILES string of the molecule is C1=CCC=CC(c2ccc(N(c3ccc(-c4cc(-c5ccccc5)cc(-n5c6ccccc6c6ccccc65)c4)cc3)c3ccc4c(c3)C3(c5ccccc5-c5ccccc53)c3ccccc3-4)cc2)=C1. The van der Waals surface area contributed by atoms with Gasteiger partial charge in [0.1, 0.15) is 0 Å². The minimum absolute atomic E-state index is 0.446. The molecule has 0 saturated heterocycles. The van der Waals surface area contributed by atoms with Crippen molar-refractivity contribution in [2.45, 2.75) is 11.8 Å². The Hall–Kier alpha value is -8.98. The van der Waals surface area contributed by atoms with Crippen LogP contribution in [0.5, 0.6) is 0 Å². The molecule has 0 fully saturated rings. The maximum absolute atomic E-state index is 2.48. The van der Waals surface area contributed by atoms with E-state index in [4.69, 9.17) is 0 Å². The number of fused-ring (bicyclic) bond motifs is 13. The highest BCUT2D eigenvalue weighted by atomic mass is 15.1. The van der Waals surface area contributed by atoms with Crippen LogP contribution in [0.25, 0.3) is 77.6 Å². The number of rotatable bonds is 7. The summed E-state index contributed by atoms with van der Waals surface area (Å²) in [6.45, 7) is 0. The molecule has 0 unspecified atom stereocenters. The van der Waals surface area contributed by atoms with Gasteiger partial charge >= 0.3 is 0 Å². The molecule has 14 rings (SSSR count). The molecule has 2 nitrogen and oxygen atoms in total. The van der Waals surface area contributed by atoms with Crippen molar-refractivity contribution in [3.63, 3.8) is 0 Å². The van der Waals surface area contributed by atoms with Gasteiger partial charge < -0.3 is 9.47 Å². The average molecular weight is 891 g/mol. The first kappa shape index (κ1) is 40.1. The smallest absolute Gasteiger partial charge is 0.0726 e. The largest absolute Gasteiger partial charge is 0.310 e. The van der Waals surface area contributed by atoms with Crippen molar-refractivity contribution in [3.8, 4) is 50.2 Å². The normalized spacial score (nSPS) is 13.7. The van der Waals surface area contributed by atoms with Gasteiger partial charge in [-0.25, -0.2) is 0 Å². The average Bonchev–Trinajstić information content (AvgIpc) is 3.92. The molecule has 0 amide bonds. The highest BCUT2D eigenvalue weighted by Gasteiger charge is 2.51. The molecule has 3 aliphatic rings. The fourth-order valence-corrected chi connectivity index (χ4v) is 12.0. The topological polar surface area (TPSA) is 8.17 Å². The Morgan fingerprint density at radius 2 is 0.843 bits per heavy atom. The summed E-state index contributed by atoms with van der Waals surface area (Å²) >= 11 is 0. The van der Waals surface area contributed by atoms with Crippen molar-refractivity contribution in [2.75, 3.05) is 4.90 Å². The first-order valence-corrected chi connectivity index (χ1v) is 24.4. The van der Waals surface area contributed by atoms with Crippen LogP contribution in [0.2, 0.25) is 0 Å². The zero-order valence-electron chi connectivity index (χ0n) is 38.5. The molecule has 328 valence electrons. The van der Waals surface area contributed by atoms with E-state index in [2.05, 4.69) is 276 Å². The fraction of sp³-hybridized carbons (Fsp3) is 0.0294. The predicted molar refractivity (Wildman–Crippen MR) is 294 cm³/mol. The number of anilines is 3. The van der Waals surface area contributed by atoms with Crippen molar-refractivity contribution in [1.29, 1.82) is 0 Å². The van der Waals surface area contributed by atoms with Crippen molar-refractivity contribution in [1.82, 2.24) is 4.57 Å². The van der Waals surface area contributed by atoms with Gasteiger partial charge in [-0.2, -0.15) is 0 Å². The summed E-state index contributed by atoms with van der Waals surface area (Å²) in [5.41, 5.74) is 24.0. The van der Waals surface area contributed by atoms with E-state index < -0.39 is 5.41 Å². The van der Waals surface area contributed by atoms with Gasteiger partial charge in [-0.3, -0.25) is 0 Å². The molecule has 1 spiro atoms. The van der Waals surface area contributed by atoms with E-state index in [1.54, 1.807) is 0 Å². The van der Waals surface area contributed by atoms with Crippen molar-refractivity contribution in [2.24, 2.45) is 0 Å². The zero-order chi connectivity index (χ0) is 46.2. The standard InChI is InChI=1S/C68H46N2/c1-2-5-19-46(18-4-1)48-32-36-52(37-33-48)69(54-40-41-59-58-24-10-15-29-64(58)68(65(59)45-54)62-27-13-8-22-56(62)57-23-9-14-28-63(57)68)53-38-34-49(35-39-53)51-42-50(47-20-6-3-7-21-47)43-55(44-51)70-66-30-16-11-25-60(66)61-26-12-17-31-67(61)70/h1,3-45H,2H2. The summed E-state index contributed by atoms with van der Waals surface area (Å²) in [4.78, 5) is 2.44. The van der Waals surface area contributed by atoms with Gasteiger partial charge in [0.25, 0.3) is 0 Å². The van der Waals surface area contributed by atoms with Crippen molar-refractivity contribution >= 4 is 44.4 Å². The second-order valence-electron chi connectivity index (χ2n) is 18.7. The lowest BCUT2D eigenvalue weighted by Gasteiger charge is -2.32. The number of nitrogens with zero attached hydrogens (tertiary/aromatic N) is 2. The maximum atomic E-state index is 2.48. The minimum atomic E-state index is -0.446. The molecule has 0 saturated carbocycles. The summed E-state index contributed by atoms with van der Waals surface area (Å²) < 4.78 is 2.43. The van der Waals surface area contributed by atoms with Gasteiger partial charge in [0.15, 0.2) is 0 Å². The number of benzene rings is 10. The van der Waals surface area contributed by atoms with E-state index in [0.717, 1.165) is 40.3 Å². The fourth-order valence-electron chi connectivity index (χ4n) is 12.0. The van der Waals surface area contributed by atoms with Gasteiger partial charge in [-0.1, -0.05) is 200 Å². The molecule has 0 atom stereocenters. The summed E-state index contributed by atoms with van der Waals surface area (Å²) in [6, 6.07) is 88.0. The maximum Gasteiger partial charge on any atom is 0.0726 e. The van der Waals surface area contributed by atoms with Crippen LogP contribution in [0, 0.1) is 0 Å². The summed E-state index contributed by atoms with van der Waals surface area (Å²) in [7, 11) is 0. The second-order valence-corrected chi connectivity index (χ2v) is 18.7. The van der Waals surface area contributed by atoms with Gasteiger partial charge in [0.05, 0.1) is 16.4 Å². The predicted octanol–water partition coefficient (Wildman–Crippen LogP) is 17.8. The van der Waals surface area contributed by atoms with E-state index in [9.17, 15) is 0 Å². The summed E-state index contributed by atoms with van der Waals surface area (Å²) in [6.07, 6.45) is 12.0. The van der Waals surface area contributed by atoms with Gasteiger partial charge in [0.2, 0.25) is 0 Å². The first-order valence-electron chi connectivity index (χ1n) is 24.4. The Bertz CT molecular complexity index is 3840. The lowest BCUT2D eigenvalue weighted by Crippen LogP contribution is -2.26. The Kier molecular flexibility index (Phi) is 9.22. The molecule has 11 aromatic rings. The highest BCUT2D eigenvalue weighted by Crippen LogP contribution is 2.63. The van der Waals surface area contributed by atoms with Crippen LogP contribution < -0.4 is 4.90 Å². The van der Waals surface area contributed by atoms with Crippen LogP contribution in [0.15, 0.2) is 267 Å². The third-order valence-electron chi connectivity index (χ3n) is 15.0. The van der Waals surface area contributed by atoms with Gasteiger partial charge in [-0.15, -0.1) is 0 Å². The molecular formula is C68H46N2. The molecule has 0 radical (unpaired) electrons. The molecule has 10 aromatic carbocycles. The second kappa shape index (κ2) is 16.1. The van der Waals surface area contributed by atoms with Crippen molar-refractivity contribution < 1.29 is 0 Å². The molecule has 0 N–H and O–H groups in total. The third-order valence-corrected chi connectivity index (χ3v) is 15.0. The van der Waals surface area contributed by atoms with Crippen LogP contribution in [-0.4, -0.2) is 4.57 Å². The number of hydrogen-bond acceptors (Lipinski definition) is 1. The van der Waals surface area contributed by atoms with Crippen LogP contribution >= 0.6 is 0 Å². The van der Waals surface area contributed by atoms with E-state index in [0.29, 0.717) is 0 Å². The summed E-state index contributed by atoms with van der Waals surface area (Å²) in [5, 5.41) is 2.51. The molecule has 3 aliphatic carbocycles. The Morgan fingerprint density at radius 1 is 0.357 bits per heavy atom. The Morgan fingerprint density at radius 3 is 1.44 bits per heavy atom. The zero-order valence-corrected chi connectivity index (χ0v) is 38.5.